The highest BCUT2D eigenvalue weighted by atomic mass is 35.5. The van der Waals surface area contributed by atoms with Gasteiger partial charge in [-0.05, 0) is 17.7 Å². The van der Waals surface area contributed by atoms with Crippen molar-refractivity contribution < 1.29 is 13.7 Å². The second kappa shape index (κ2) is 5.88. The van der Waals surface area contributed by atoms with Crippen molar-refractivity contribution in [2.45, 2.75) is 5.75 Å². The summed E-state index contributed by atoms with van der Waals surface area (Å²) in [5.41, 5.74) is 0.890. The molecule has 0 aliphatic heterocycles. The van der Waals surface area contributed by atoms with Gasteiger partial charge in [-0.1, -0.05) is 23.7 Å². The quantitative estimate of drug-likeness (QED) is 0.761. The number of esters is 1. The Morgan fingerprint density at radius 1 is 1.40 bits per heavy atom. The second-order valence-electron chi connectivity index (χ2n) is 2.93. The van der Waals surface area contributed by atoms with Crippen molar-refractivity contribution >= 4 is 28.4 Å². The van der Waals surface area contributed by atoms with Crippen molar-refractivity contribution in [3.63, 3.8) is 0 Å². The molecule has 0 fully saturated rings. The molecule has 5 heteroatoms. The molecule has 1 aromatic carbocycles. The molecule has 15 heavy (non-hydrogen) atoms. The van der Waals surface area contributed by atoms with E-state index >= 15 is 0 Å². The van der Waals surface area contributed by atoms with Gasteiger partial charge >= 0.3 is 5.97 Å². The van der Waals surface area contributed by atoms with Crippen molar-refractivity contribution in [2.24, 2.45) is 0 Å². The smallest absolute Gasteiger partial charge is 0.318 e. The molecule has 0 N–H and O–H groups in total. The van der Waals surface area contributed by atoms with E-state index < -0.39 is 16.8 Å². The van der Waals surface area contributed by atoms with E-state index in [1.54, 1.807) is 24.3 Å². The lowest BCUT2D eigenvalue weighted by atomic mass is 10.2. The van der Waals surface area contributed by atoms with Crippen LogP contribution in [0, 0.1) is 0 Å². The molecule has 1 atom stereocenters. The lowest BCUT2D eigenvalue weighted by Gasteiger charge is -2.01. The molecule has 0 radical (unpaired) electrons. The third kappa shape index (κ3) is 4.44. The van der Waals surface area contributed by atoms with Gasteiger partial charge in [0.2, 0.25) is 0 Å². The summed E-state index contributed by atoms with van der Waals surface area (Å²) in [6.45, 7) is 0. The Kier molecular flexibility index (Phi) is 4.78. The number of rotatable bonds is 4. The molecular formula is C10H11ClO3S. The number of benzene rings is 1. The van der Waals surface area contributed by atoms with Crippen LogP contribution in [-0.2, 0) is 26.1 Å². The maximum atomic E-state index is 11.4. The number of carbonyl (C=O) groups is 1. The second-order valence-corrected chi connectivity index (χ2v) is 4.82. The van der Waals surface area contributed by atoms with E-state index in [4.69, 9.17) is 11.6 Å². The maximum Gasteiger partial charge on any atom is 0.318 e. The Hall–Kier alpha value is -0.870. The van der Waals surface area contributed by atoms with Crippen LogP contribution in [-0.4, -0.2) is 23.0 Å². The van der Waals surface area contributed by atoms with Gasteiger partial charge in [-0.15, -0.1) is 0 Å². The summed E-state index contributed by atoms with van der Waals surface area (Å²) in [7, 11) is 0.0544. The molecule has 0 aliphatic carbocycles. The standard InChI is InChI=1S/C10H11ClO3S/c1-14-10(12)7-15(13)6-8-2-4-9(11)5-3-8/h2-5H,6-7H2,1H3. The van der Waals surface area contributed by atoms with Gasteiger partial charge in [0.25, 0.3) is 0 Å². The van der Waals surface area contributed by atoms with Crippen LogP contribution in [0.5, 0.6) is 0 Å². The third-order valence-electron chi connectivity index (χ3n) is 1.75. The molecule has 0 aliphatic rings. The molecule has 0 aromatic heterocycles. The zero-order valence-electron chi connectivity index (χ0n) is 8.23. The molecule has 0 spiro atoms. The van der Waals surface area contributed by atoms with Gasteiger partial charge in [0.15, 0.2) is 0 Å². The topological polar surface area (TPSA) is 43.4 Å². The normalized spacial score (nSPS) is 12.1. The Balaban J connectivity index is 2.51. The fourth-order valence-corrected chi connectivity index (χ4v) is 2.18. The van der Waals surface area contributed by atoms with Crippen molar-refractivity contribution in [3.8, 4) is 0 Å². The molecule has 0 amide bonds. The van der Waals surface area contributed by atoms with Gasteiger partial charge < -0.3 is 4.74 Å². The van der Waals surface area contributed by atoms with E-state index in [0.29, 0.717) is 10.8 Å². The van der Waals surface area contributed by atoms with Crippen LogP contribution in [0.2, 0.25) is 5.02 Å². The zero-order chi connectivity index (χ0) is 11.3. The van der Waals surface area contributed by atoms with E-state index in [1.165, 1.54) is 7.11 Å². The molecule has 82 valence electrons. The Morgan fingerprint density at radius 3 is 2.53 bits per heavy atom. The summed E-state index contributed by atoms with van der Waals surface area (Å²) in [6.07, 6.45) is 0. The molecular weight excluding hydrogens is 236 g/mol. The van der Waals surface area contributed by atoms with Crippen LogP contribution < -0.4 is 0 Å². The number of hydrogen-bond donors (Lipinski definition) is 0. The first kappa shape index (κ1) is 12.2. The SMILES string of the molecule is COC(=O)CS(=O)Cc1ccc(Cl)cc1. The fraction of sp³-hybridized carbons (Fsp3) is 0.300. The summed E-state index contributed by atoms with van der Waals surface area (Å²) in [5.74, 6) is -0.187. The summed E-state index contributed by atoms with van der Waals surface area (Å²) >= 11 is 5.71. The van der Waals surface area contributed by atoms with Crippen molar-refractivity contribution in [3.05, 3.63) is 34.9 Å². The van der Waals surface area contributed by atoms with Crippen LogP contribution in [0.4, 0.5) is 0 Å². The van der Waals surface area contributed by atoms with Crippen molar-refractivity contribution in [2.75, 3.05) is 12.9 Å². The maximum absolute atomic E-state index is 11.4. The summed E-state index contributed by atoms with van der Waals surface area (Å²) in [4.78, 5) is 10.8. The van der Waals surface area contributed by atoms with E-state index in [9.17, 15) is 9.00 Å². The molecule has 3 nitrogen and oxygen atoms in total. The molecule has 0 bridgehead atoms. The molecule has 1 rings (SSSR count). The zero-order valence-corrected chi connectivity index (χ0v) is 9.81. The highest BCUT2D eigenvalue weighted by molar-refractivity contribution is 7.84. The minimum absolute atomic E-state index is 0.0703. The van der Waals surface area contributed by atoms with E-state index in [0.717, 1.165) is 5.56 Å². The highest BCUT2D eigenvalue weighted by Gasteiger charge is 2.08. The average molecular weight is 247 g/mol. The van der Waals surface area contributed by atoms with Gasteiger partial charge in [0, 0.05) is 21.6 Å². The van der Waals surface area contributed by atoms with E-state index in [2.05, 4.69) is 4.74 Å². The van der Waals surface area contributed by atoms with Crippen LogP contribution in [0.25, 0.3) is 0 Å². The van der Waals surface area contributed by atoms with Crippen molar-refractivity contribution in [1.29, 1.82) is 0 Å². The summed E-state index contributed by atoms with van der Waals surface area (Å²) < 4.78 is 15.9. The van der Waals surface area contributed by atoms with Gasteiger partial charge in [-0.2, -0.15) is 0 Å². The first-order valence-electron chi connectivity index (χ1n) is 4.28. The Labute approximate surface area is 95.8 Å². The number of methoxy groups -OCH3 is 1. The Bertz CT molecular complexity index is 361. The fourth-order valence-electron chi connectivity index (χ4n) is 1.01. The molecule has 0 saturated carbocycles. The predicted octanol–water partition coefficient (Wildman–Crippen LogP) is 1.76. The van der Waals surface area contributed by atoms with Crippen LogP contribution in [0.1, 0.15) is 5.56 Å². The molecule has 1 aromatic rings. The minimum Gasteiger partial charge on any atom is -0.468 e. The number of hydrogen-bond acceptors (Lipinski definition) is 3. The summed E-state index contributed by atoms with van der Waals surface area (Å²) in [6, 6.07) is 7.04. The number of halogens is 1. The van der Waals surface area contributed by atoms with Gasteiger partial charge in [-0.25, -0.2) is 0 Å². The van der Waals surface area contributed by atoms with Crippen LogP contribution in [0.15, 0.2) is 24.3 Å². The van der Waals surface area contributed by atoms with Gasteiger partial charge in [-0.3, -0.25) is 9.00 Å². The van der Waals surface area contributed by atoms with Gasteiger partial charge in [0.05, 0.1) is 7.11 Å². The Morgan fingerprint density at radius 2 is 2.00 bits per heavy atom. The van der Waals surface area contributed by atoms with Crippen LogP contribution >= 0.6 is 11.6 Å². The van der Waals surface area contributed by atoms with Crippen LogP contribution in [0.3, 0.4) is 0 Å². The largest absolute Gasteiger partial charge is 0.468 e. The van der Waals surface area contributed by atoms with E-state index in [1.807, 2.05) is 0 Å². The summed E-state index contributed by atoms with van der Waals surface area (Å²) in [5, 5.41) is 0.637. The minimum atomic E-state index is -1.23. The first-order chi connectivity index (χ1) is 7.11. The third-order valence-corrected chi connectivity index (χ3v) is 3.21. The molecule has 1 unspecified atom stereocenters. The molecule has 0 heterocycles. The number of carbonyl (C=O) groups excluding carboxylic acids is 1. The number of ether oxygens (including phenoxy) is 1. The highest BCUT2D eigenvalue weighted by Crippen LogP contribution is 2.11. The van der Waals surface area contributed by atoms with Gasteiger partial charge in [0.1, 0.15) is 5.75 Å². The van der Waals surface area contributed by atoms with Crippen molar-refractivity contribution in [1.82, 2.24) is 0 Å². The first-order valence-corrected chi connectivity index (χ1v) is 6.14. The predicted molar refractivity (Wildman–Crippen MR) is 60.2 cm³/mol. The lowest BCUT2D eigenvalue weighted by molar-refractivity contribution is -0.137. The lowest BCUT2D eigenvalue weighted by Crippen LogP contribution is -2.13. The average Bonchev–Trinajstić information content (AvgIpc) is 2.21. The van der Waals surface area contributed by atoms with E-state index in [-0.39, 0.29) is 5.75 Å². The molecule has 0 saturated heterocycles. The monoisotopic (exact) mass is 246 g/mol.